The van der Waals surface area contributed by atoms with E-state index in [2.05, 4.69) is 0 Å². The Kier molecular flexibility index (Phi) is 4.71. The maximum absolute atomic E-state index is 11.4. The standard InChI is InChI=1S/C14H16Cl2O3/c15-11-5-4-8(7-12(11)16)10(14(18)19)6-9-2-1-3-13(9)17/h4-5,7,9-10,13,17H,1-3,6H2,(H,18,19). The van der Waals surface area contributed by atoms with Gasteiger partial charge in [-0.05, 0) is 42.9 Å². The van der Waals surface area contributed by atoms with Crippen molar-refractivity contribution in [3.05, 3.63) is 33.8 Å². The summed E-state index contributed by atoms with van der Waals surface area (Å²) in [7, 11) is 0. The van der Waals surface area contributed by atoms with Gasteiger partial charge < -0.3 is 10.2 Å². The lowest BCUT2D eigenvalue weighted by atomic mass is 9.87. The van der Waals surface area contributed by atoms with Crippen LogP contribution >= 0.6 is 23.2 Å². The highest BCUT2D eigenvalue weighted by molar-refractivity contribution is 6.42. The van der Waals surface area contributed by atoms with Gasteiger partial charge in [0.15, 0.2) is 0 Å². The number of carbonyl (C=O) groups is 1. The summed E-state index contributed by atoms with van der Waals surface area (Å²) in [6, 6.07) is 4.90. The SMILES string of the molecule is O=C(O)C(CC1CCCC1O)c1ccc(Cl)c(Cl)c1. The van der Waals surface area contributed by atoms with Crippen molar-refractivity contribution in [2.24, 2.45) is 5.92 Å². The van der Waals surface area contributed by atoms with Gasteiger partial charge >= 0.3 is 5.97 Å². The van der Waals surface area contributed by atoms with Gasteiger partial charge in [0.05, 0.1) is 22.1 Å². The highest BCUT2D eigenvalue weighted by Gasteiger charge is 2.31. The zero-order chi connectivity index (χ0) is 14.0. The summed E-state index contributed by atoms with van der Waals surface area (Å²) < 4.78 is 0. The Morgan fingerprint density at radius 2 is 2.05 bits per heavy atom. The van der Waals surface area contributed by atoms with E-state index in [1.807, 2.05) is 0 Å². The van der Waals surface area contributed by atoms with Crippen LogP contribution in [0.5, 0.6) is 0 Å². The second-order valence-electron chi connectivity index (χ2n) is 5.06. The van der Waals surface area contributed by atoms with Gasteiger partial charge in [-0.3, -0.25) is 4.79 Å². The van der Waals surface area contributed by atoms with Crippen LogP contribution in [0.4, 0.5) is 0 Å². The molecule has 5 heteroatoms. The summed E-state index contributed by atoms with van der Waals surface area (Å²) in [6.07, 6.45) is 2.66. The fourth-order valence-corrected chi connectivity index (χ4v) is 3.01. The van der Waals surface area contributed by atoms with Crippen molar-refractivity contribution in [2.75, 3.05) is 0 Å². The third-order valence-electron chi connectivity index (χ3n) is 3.80. The van der Waals surface area contributed by atoms with E-state index in [0.717, 1.165) is 19.3 Å². The average molecular weight is 303 g/mol. The van der Waals surface area contributed by atoms with Gasteiger partial charge in [0, 0.05) is 0 Å². The highest BCUT2D eigenvalue weighted by atomic mass is 35.5. The van der Waals surface area contributed by atoms with Crippen LogP contribution in [0.2, 0.25) is 10.0 Å². The van der Waals surface area contributed by atoms with Crippen molar-refractivity contribution in [2.45, 2.75) is 37.7 Å². The molecule has 3 nitrogen and oxygen atoms in total. The lowest BCUT2D eigenvalue weighted by Crippen LogP contribution is -2.21. The maximum atomic E-state index is 11.4. The van der Waals surface area contributed by atoms with Crippen LogP contribution < -0.4 is 0 Å². The molecule has 1 aliphatic rings. The molecular weight excluding hydrogens is 287 g/mol. The quantitative estimate of drug-likeness (QED) is 0.891. The van der Waals surface area contributed by atoms with Crippen LogP contribution in [0.25, 0.3) is 0 Å². The number of benzene rings is 1. The second kappa shape index (κ2) is 6.12. The fourth-order valence-electron chi connectivity index (χ4n) is 2.70. The van der Waals surface area contributed by atoms with E-state index in [9.17, 15) is 15.0 Å². The Hall–Kier alpha value is -0.770. The topological polar surface area (TPSA) is 57.5 Å². The third kappa shape index (κ3) is 3.41. The number of aliphatic hydroxyl groups excluding tert-OH is 1. The molecule has 1 saturated carbocycles. The molecule has 1 aromatic rings. The van der Waals surface area contributed by atoms with Gasteiger partial charge in [0.2, 0.25) is 0 Å². The Bertz CT molecular complexity index is 476. The molecule has 0 aromatic heterocycles. The van der Waals surface area contributed by atoms with Crippen molar-refractivity contribution in [1.82, 2.24) is 0 Å². The number of aliphatic carboxylic acids is 1. The van der Waals surface area contributed by atoms with Crippen molar-refractivity contribution in [1.29, 1.82) is 0 Å². The summed E-state index contributed by atoms with van der Waals surface area (Å²) in [5.74, 6) is -1.49. The number of carboxylic acid groups (broad SMARTS) is 1. The van der Waals surface area contributed by atoms with E-state index in [4.69, 9.17) is 23.2 Å². The normalized spacial score (nSPS) is 24.4. The molecule has 0 heterocycles. The molecule has 3 unspecified atom stereocenters. The van der Waals surface area contributed by atoms with E-state index in [0.29, 0.717) is 22.0 Å². The number of rotatable bonds is 4. The molecule has 0 bridgehead atoms. The van der Waals surface area contributed by atoms with Crippen molar-refractivity contribution in [3.8, 4) is 0 Å². The fraction of sp³-hybridized carbons (Fsp3) is 0.500. The minimum atomic E-state index is -0.891. The van der Waals surface area contributed by atoms with Gasteiger partial charge in [-0.2, -0.15) is 0 Å². The predicted octanol–water partition coefficient (Wildman–Crippen LogP) is 3.71. The van der Waals surface area contributed by atoms with Crippen LogP contribution in [0.1, 0.15) is 37.2 Å². The summed E-state index contributed by atoms with van der Waals surface area (Å²) >= 11 is 11.8. The Morgan fingerprint density at radius 3 is 2.58 bits per heavy atom. The van der Waals surface area contributed by atoms with Crippen molar-refractivity contribution < 1.29 is 15.0 Å². The second-order valence-corrected chi connectivity index (χ2v) is 5.87. The van der Waals surface area contributed by atoms with E-state index < -0.39 is 11.9 Å². The Morgan fingerprint density at radius 1 is 1.32 bits per heavy atom. The number of hydrogen-bond donors (Lipinski definition) is 2. The smallest absolute Gasteiger partial charge is 0.310 e. The Balaban J connectivity index is 2.19. The van der Waals surface area contributed by atoms with Crippen LogP contribution in [-0.4, -0.2) is 22.3 Å². The first-order chi connectivity index (χ1) is 8.99. The van der Waals surface area contributed by atoms with E-state index in [-0.39, 0.29) is 12.0 Å². The minimum Gasteiger partial charge on any atom is -0.481 e. The number of hydrogen-bond acceptors (Lipinski definition) is 2. The molecule has 0 aliphatic heterocycles. The molecule has 104 valence electrons. The van der Waals surface area contributed by atoms with E-state index >= 15 is 0 Å². The molecule has 0 spiro atoms. The first-order valence-corrected chi connectivity index (χ1v) is 7.10. The molecule has 19 heavy (non-hydrogen) atoms. The molecular formula is C14H16Cl2O3. The lowest BCUT2D eigenvalue weighted by molar-refractivity contribution is -0.139. The van der Waals surface area contributed by atoms with Crippen LogP contribution in [-0.2, 0) is 4.79 Å². The van der Waals surface area contributed by atoms with Gasteiger partial charge in [-0.15, -0.1) is 0 Å². The number of halogens is 2. The predicted molar refractivity (Wildman–Crippen MR) is 74.8 cm³/mol. The number of aliphatic hydroxyl groups is 1. The summed E-state index contributed by atoms with van der Waals surface area (Å²) in [6.45, 7) is 0. The zero-order valence-electron chi connectivity index (χ0n) is 10.4. The maximum Gasteiger partial charge on any atom is 0.310 e. The highest BCUT2D eigenvalue weighted by Crippen LogP contribution is 2.36. The molecule has 1 aliphatic carbocycles. The summed E-state index contributed by atoms with van der Waals surface area (Å²) in [5.41, 5.74) is 0.640. The van der Waals surface area contributed by atoms with E-state index in [1.54, 1.807) is 18.2 Å². The van der Waals surface area contributed by atoms with Crippen LogP contribution in [0.15, 0.2) is 18.2 Å². The van der Waals surface area contributed by atoms with Crippen molar-refractivity contribution in [3.63, 3.8) is 0 Å². The summed E-state index contributed by atoms with van der Waals surface area (Å²) in [4.78, 5) is 11.4. The lowest BCUT2D eigenvalue weighted by Gasteiger charge is -2.20. The van der Waals surface area contributed by atoms with E-state index in [1.165, 1.54) is 0 Å². The van der Waals surface area contributed by atoms with Crippen molar-refractivity contribution >= 4 is 29.2 Å². The van der Waals surface area contributed by atoms with Gasteiger partial charge in [-0.25, -0.2) is 0 Å². The molecule has 0 amide bonds. The first kappa shape index (κ1) is 14.6. The van der Waals surface area contributed by atoms with Crippen LogP contribution in [0.3, 0.4) is 0 Å². The molecule has 0 saturated heterocycles. The first-order valence-electron chi connectivity index (χ1n) is 6.35. The molecule has 0 radical (unpaired) electrons. The Labute approximate surface area is 122 Å². The minimum absolute atomic E-state index is 0.0514. The molecule has 2 N–H and O–H groups in total. The zero-order valence-corrected chi connectivity index (χ0v) is 11.9. The molecule has 1 fully saturated rings. The average Bonchev–Trinajstić information content (AvgIpc) is 2.75. The van der Waals surface area contributed by atoms with Gasteiger partial charge in [-0.1, -0.05) is 35.7 Å². The number of carboxylic acids is 1. The van der Waals surface area contributed by atoms with Gasteiger partial charge in [0.1, 0.15) is 0 Å². The van der Waals surface area contributed by atoms with Gasteiger partial charge in [0.25, 0.3) is 0 Å². The largest absolute Gasteiger partial charge is 0.481 e. The molecule has 1 aromatic carbocycles. The van der Waals surface area contributed by atoms with Crippen LogP contribution in [0, 0.1) is 5.92 Å². The molecule has 2 rings (SSSR count). The summed E-state index contributed by atoms with van der Waals surface area (Å²) in [5, 5.41) is 20.0. The third-order valence-corrected chi connectivity index (χ3v) is 4.54. The molecule has 3 atom stereocenters. The monoisotopic (exact) mass is 302 g/mol.